The number of benzene rings is 1. The Balaban J connectivity index is 2.28. The van der Waals surface area contributed by atoms with Gasteiger partial charge in [0.15, 0.2) is 0 Å². The molecule has 0 bridgehead atoms. The zero-order chi connectivity index (χ0) is 14.8. The lowest BCUT2D eigenvalue weighted by Crippen LogP contribution is -2.10. The summed E-state index contributed by atoms with van der Waals surface area (Å²) < 4.78 is 5.12. The molecule has 1 aromatic carbocycles. The fraction of sp³-hybridized carbons (Fsp3) is 0.588. The number of methoxy groups -OCH3 is 1. The van der Waals surface area contributed by atoms with Gasteiger partial charge < -0.3 is 10.5 Å². The predicted molar refractivity (Wildman–Crippen MR) is 83.0 cm³/mol. The summed E-state index contributed by atoms with van der Waals surface area (Å²) >= 11 is 0. The van der Waals surface area contributed by atoms with Crippen molar-refractivity contribution in [1.82, 2.24) is 0 Å². The number of carbonyl (C=O) groups excluding carboxylic acids is 1. The van der Waals surface area contributed by atoms with E-state index in [1.54, 1.807) is 7.11 Å². The molecule has 0 aromatic heterocycles. The second kappa shape index (κ2) is 9.54. The minimum absolute atomic E-state index is 0.358. The first kappa shape index (κ1) is 16.7. The SMILES string of the molecule is CCC(CCN)CCC(=O)CCc1ccc(OC)cc1. The zero-order valence-corrected chi connectivity index (χ0v) is 12.7. The molecule has 0 aliphatic carbocycles. The van der Waals surface area contributed by atoms with Gasteiger partial charge in [0.2, 0.25) is 0 Å². The average Bonchev–Trinajstić information content (AvgIpc) is 2.49. The van der Waals surface area contributed by atoms with Crippen LogP contribution in [-0.2, 0) is 11.2 Å². The van der Waals surface area contributed by atoms with Crippen molar-refractivity contribution >= 4 is 5.78 Å². The summed E-state index contributed by atoms with van der Waals surface area (Å²) in [4.78, 5) is 11.9. The van der Waals surface area contributed by atoms with Crippen molar-refractivity contribution in [2.24, 2.45) is 11.7 Å². The first-order chi connectivity index (χ1) is 9.69. The Bertz CT molecular complexity index is 386. The minimum Gasteiger partial charge on any atom is -0.497 e. The number of ether oxygens (including phenoxy) is 1. The largest absolute Gasteiger partial charge is 0.497 e. The smallest absolute Gasteiger partial charge is 0.133 e. The van der Waals surface area contributed by atoms with E-state index in [0.29, 0.717) is 24.5 Å². The van der Waals surface area contributed by atoms with Crippen LogP contribution in [0.25, 0.3) is 0 Å². The molecule has 0 saturated carbocycles. The first-order valence-corrected chi connectivity index (χ1v) is 7.54. The molecular weight excluding hydrogens is 250 g/mol. The Labute approximate surface area is 122 Å². The predicted octanol–water partition coefficient (Wildman–Crippen LogP) is 3.35. The number of hydrogen-bond donors (Lipinski definition) is 1. The quantitative estimate of drug-likeness (QED) is 0.713. The summed E-state index contributed by atoms with van der Waals surface area (Å²) in [5, 5.41) is 0. The highest BCUT2D eigenvalue weighted by Crippen LogP contribution is 2.17. The van der Waals surface area contributed by atoms with Crippen LogP contribution in [0.4, 0.5) is 0 Å². The van der Waals surface area contributed by atoms with E-state index in [4.69, 9.17) is 10.5 Å². The van der Waals surface area contributed by atoms with Crippen LogP contribution < -0.4 is 10.5 Å². The average molecular weight is 277 g/mol. The number of hydrogen-bond acceptors (Lipinski definition) is 3. The molecule has 2 N–H and O–H groups in total. The van der Waals surface area contributed by atoms with E-state index in [9.17, 15) is 4.79 Å². The van der Waals surface area contributed by atoms with Gasteiger partial charge in [-0.25, -0.2) is 0 Å². The highest BCUT2D eigenvalue weighted by molar-refractivity contribution is 5.78. The van der Waals surface area contributed by atoms with Gasteiger partial charge in [0, 0.05) is 12.8 Å². The number of carbonyl (C=O) groups is 1. The van der Waals surface area contributed by atoms with E-state index in [1.807, 2.05) is 24.3 Å². The Hall–Kier alpha value is -1.35. The van der Waals surface area contributed by atoms with Crippen molar-refractivity contribution in [3.8, 4) is 5.75 Å². The van der Waals surface area contributed by atoms with Gasteiger partial charge in [-0.05, 0) is 49.4 Å². The molecule has 20 heavy (non-hydrogen) atoms. The lowest BCUT2D eigenvalue weighted by Gasteiger charge is -2.12. The maximum atomic E-state index is 11.9. The second-order valence-electron chi connectivity index (χ2n) is 5.28. The molecule has 0 spiro atoms. The van der Waals surface area contributed by atoms with Gasteiger partial charge >= 0.3 is 0 Å². The lowest BCUT2D eigenvalue weighted by atomic mass is 9.94. The Morgan fingerprint density at radius 2 is 1.90 bits per heavy atom. The summed E-state index contributed by atoms with van der Waals surface area (Å²) in [5.74, 6) is 1.81. The number of ketones is 1. The number of Topliss-reactive ketones (excluding diaryl/α,β-unsaturated/α-hetero) is 1. The molecule has 3 heteroatoms. The van der Waals surface area contributed by atoms with Crippen LogP contribution in [0.2, 0.25) is 0 Å². The van der Waals surface area contributed by atoms with Gasteiger partial charge in [-0.2, -0.15) is 0 Å². The van der Waals surface area contributed by atoms with Crippen molar-refractivity contribution in [3.63, 3.8) is 0 Å². The van der Waals surface area contributed by atoms with Crippen LogP contribution in [0.3, 0.4) is 0 Å². The third-order valence-electron chi connectivity index (χ3n) is 3.84. The molecule has 3 nitrogen and oxygen atoms in total. The third kappa shape index (κ3) is 6.20. The maximum Gasteiger partial charge on any atom is 0.133 e. The Kier molecular flexibility index (Phi) is 7.97. The molecule has 0 fully saturated rings. The van der Waals surface area contributed by atoms with Gasteiger partial charge in [-0.1, -0.05) is 25.5 Å². The van der Waals surface area contributed by atoms with Crippen LogP contribution in [0.1, 0.15) is 44.6 Å². The van der Waals surface area contributed by atoms with Gasteiger partial charge in [0.05, 0.1) is 7.11 Å². The molecule has 0 heterocycles. The number of rotatable bonds is 10. The minimum atomic E-state index is 0.358. The van der Waals surface area contributed by atoms with Crippen molar-refractivity contribution < 1.29 is 9.53 Å². The number of nitrogens with two attached hydrogens (primary N) is 1. The third-order valence-corrected chi connectivity index (χ3v) is 3.84. The maximum absolute atomic E-state index is 11.9. The Morgan fingerprint density at radius 1 is 1.20 bits per heavy atom. The van der Waals surface area contributed by atoms with Crippen molar-refractivity contribution in [1.29, 1.82) is 0 Å². The normalized spacial score (nSPS) is 12.2. The van der Waals surface area contributed by atoms with E-state index in [-0.39, 0.29) is 0 Å². The van der Waals surface area contributed by atoms with Gasteiger partial charge in [0.25, 0.3) is 0 Å². The lowest BCUT2D eigenvalue weighted by molar-refractivity contribution is -0.119. The van der Waals surface area contributed by atoms with E-state index in [0.717, 1.165) is 38.0 Å². The monoisotopic (exact) mass is 277 g/mol. The molecule has 1 atom stereocenters. The van der Waals surface area contributed by atoms with Gasteiger partial charge in [-0.3, -0.25) is 4.79 Å². The topological polar surface area (TPSA) is 52.3 Å². The van der Waals surface area contributed by atoms with Crippen LogP contribution in [0, 0.1) is 5.92 Å². The molecule has 1 unspecified atom stereocenters. The molecule has 0 aliphatic rings. The van der Waals surface area contributed by atoms with Gasteiger partial charge in [-0.15, -0.1) is 0 Å². The van der Waals surface area contributed by atoms with Crippen molar-refractivity contribution in [2.75, 3.05) is 13.7 Å². The van der Waals surface area contributed by atoms with Crippen molar-refractivity contribution in [2.45, 2.75) is 45.4 Å². The van der Waals surface area contributed by atoms with Gasteiger partial charge in [0.1, 0.15) is 11.5 Å². The molecule has 0 aliphatic heterocycles. The molecule has 0 saturated heterocycles. The first-order valence-electron chi connectivity index (χ1n) is 7.54. The van der Waals surface area contributed by atoms with E-state index >= 15 is 0 Å². The molecule has 0 amide bonds. The van der Waals surface area contributed by atoms with E-state index in [2.05, 4.69) is 6.92 Å². The van der Waals surface area contributed by atoms with Crippen molar-refractivity contribution in [3.05, 3.63) is 29.8 Å². The highest BCUT2D eigenvalue weighted by atomic mass is 16.5. The standard InChI is InChI=1S/C17H27NO2/c1-3-14(12-13-18)4-8-16(19)9-5-15-6-10-17(20-2)11-7-15/h6-7,10-11,14H,3-5,8-9,12-13,18H2,1-2H3. The van der Waals surface area contributed by atoms with Crippen LogP contribution in [0.15, 0.2) is 24.3 Å². The summed E-state index contributed by atoms with van der Waals surface area (Å²) in [6.07, 6.45) is 5.26. The van der Waals surface area contributed by atoms with Crippen LogP contribution in [-0.4, -0.2) is 19.4 Å². The highest BCUT2D eigenvalue weighted by Gasteiger charge is 2.09. The molecular formula is C17H27NO2. The molecule has 112 valence electrons. The van der Waals surface area contributed by atoms with Crippen LogP contribution in [0.5, 0.6) is 5.75 Å². The second-order valence-corrected chi connectivity index (χ2v) is 5.28. The fourth-order valence-electron chi connectivity index (χ4n) is 2.35. The summed E-state index contributed by atoms with van der Waals surface area (Å²) in [5.41, 5.74) is 6.76. The molecule has 1 rings (SSSR count). The zero-order valence-electron chi connectivity index (χ0n) is 12.7. The van der Waals surface area contributed by atoms with Crippen LogP contribution >= 0.6 is 0 Å². The molecule has 1 aromatic rings. The molecule has 0 radical (unpaired) electrons. The van der Waals surface area contributed by atoms with E-state index < -0.39 is 0 Å². The van der Waals surface area contributed by atoms with E-state index in [1.165, 1.54) is 5.56 Å². The Morgan fingerprint density at radius 3 is 2.45 bits per heavy atom. The summed E-state index contributed by atoms with van der Waals surface area (Å²) in [6.45, 7) is 2.89. The number of aryl methyl sites for hydroxylation is 1. The summed E-state index contributed by atoms with van der Waals surface area (Å²) in [7, 11) is 1.66. The summed E-state index contributed by atoms with van der Waals surface area (Å²) in [6, 6.07) is 7.92. The fourth-order valence-corrected chi connectivity index (χ4v) is 2.35.